The summed E-state index contributed by atoms with van der Waals surface area (Å²) in [5.41, 5.74) is -0.0557. The van der Waals surface area contributed by atoms with E-state index < -0.39 is 29.7 Å². The van der Waals surface area contributed by atoms with Crippen LogP contribution >= 0.6 is 0 Å². The molecule has 0 spiro atoms. The highest BCUT2D eigenvalue weighted by molar-refractivity contribution is 6.11. The minimum Gasteiger partial charge on any atom is -0.494 e. The van der Waals surface area contributed by atoms with E-state index in [9.17, 15) is 19.2 Å². The van der Waals surface area contributed by atoms with Crippen molar-refractivity contribution in [3.05, 3.63) is 101 Å². The van der Waals surface area contributed by atoms with Crippen LogP contribution in [0.25, 0.3) is 10.8 Å². The molecule has 5 rings (SSSR count). The van der Waals surface area contributed by atoms with Crippen LogP contribution in [-0.4, -0.2) is 82.7 Å². The summed E-state index contributed by atoms with van der Waals surface area (Å²) in [6.45, 7) is 0.156. The Balaban J connectivity index is 1.20. The molecule has 1 heterocycles. The van der Waals surface area contributed by atoms with Gasteiger partial charge in [-0.05, 0) is 66.4 Å². The normalized spacial score (nSPS) is 14.3. The van der Waals surface area contributed by atoms with Crippen molar-refractivity contribution in [1.82, 2.24) is 10.2 Å². The van der Waals surface area contributed by atoms with Gasteiger partial charge in [-0.25, -0.2) is 23.8 Å². The zero-order valence-corrected chi connectivity index (χ0v) is 28.3. The molecule has 0 aromatic heterocycles. The maximum Gasteiger partial charge on any atom is 0.453 e. The molecule has 4 aromatic carbocycles. The minimum atomic E-state index is -1.00. The Morgan fingerprint density at radius 1 is 0.784 bits per heavy atom. The van der Waals surface area contributed by atoms with Crippen molar-refractivity contribution in [1.29, 1.82) is 0 Å². The van der Waals surface area contributed by atoms with Gasteiger partial charge in [0.2, 0.25) is 0 Å². The molecule has 2 amide bonds. The van der Waals surface area contributed by atoms with Crippen LogP contribution in [0.4, 0.5) is 9.18 Å². The van der Waals surface area contributed by atoms with Gasteiger partial charge in [0.25, 0.3) is 5.91 Å². The Hall–Kier alpha value is -5.73. The van der Waals surface area contributed by atoms with E-state index in [1.807, 2.05) is 24.3 Å². The van der Waals surface area contributed by atoms with Crippen molar-refractivity contribution < 1.29 is 57.0 Å². The van der Waals surface area contributed by atoms with Gasteiger partial charge in [-0.3, -0.25) is 9.59 Å². The average molecular weight is 705 g/mol. The van der Waals surface area contributed by atoms with Crippen LogP contribution in [0.15, 0.2) is 72.8 Å². The topological polar surface area (TPSA) is 148 Å². The molecule has 0 saturated carbocycles. The Morgan fingerprint density at radius 3 is 2.12 bits per heavy atom. The molecule has 1 aliphatic heterocycles. The van der Waals surface area contributed by atoms with Crippen LogP contribution in [-0.2, 0) is 19.2 Å². The van der Waals surface area contributed by atoms with Gasteiger partial charge in [-0.15, -0.1) is 0 Å². The van der Waals surface area contributed by atoms with Gasteiger partial charge in [0.15, 0.2) is 30.9 Å². The maximum absolute atomic E-state index is 15.1. The number of carbonyl (C=O) groups is 4. The first-order chi connectivity index (χ1) is 24.7. The quantitative estimate of drug-likeness (QED) is 0.0841. The van der Waals surface area contributed by atoms with Crippen molar-refractivity contribution in [3.63, 3.8) is 0 Å². The van der Waals surface area contributed by atoms with Gasteiger partial charge < -0.3 is 33.9 Å². The number of fused-ring (bicyclic) bond motifs is 1. The predicted molar refractivity (Wildman–Crippen MR) is 180 cm³/mol. The van der Waals surface area contributed by atoms with E-state index in [1.54, 1.807) is 12.1 Å². The number of hydrogen-bond donors (Lipinski definition) is 1. The standard InChI is InChI=1S/C37H37FN2O11/c1-45-21-48-29-15-16-30(47-3)33(38)32(29)34(41)23-11-13-24(14-12-23)36(43)50-51-37(44)40-17-7-6-10-27(20-40)39-35(42)28-18-25-8-4-5-9-26(25)19-31(28)49-22-46-2/h4-5,8-9,11-16,18-19,27H,6-7,10,17,20-22H2,1-3H3,(H,39,42). The van der Waals surface area contributed by atoms with Gasteiger partial charge in [0.05, 0.1) is 18.2 Å². The Bertz CT molecular complexity index is 1880. The molecule has 1 aliphatic rings. The molecule has 0 bridgehead atoms. The van der Waals surface area contributed by atoms with E-state index >= 15 is 4.39 Å². The van der Waals surface area contributed by atoms with Crippen LogP contribution in [0.5, 0.6) is 17.2 Å². The number of amides is 2. The van der Waals surface area contributed by atoms with Crippen molar-refractivity contribution in [2.45, 2.75) is 25.3 Å². The number of ketones is 1. The first kappa shape index (κ1) is 36.5. The zero-order valence-electron chi connectivity index (χ0n) is 28.3. The molecule has 1 unspecified atom stereocenters. The SMILES string of the molecule is COCOc1cc2ccccc2cc1C(=O)NC1CCCCN(C(=O)OOC(=O)c2ccc(C(=O)c3c(OCOC)ccc(OC)c3F)cc2)C1. The summed E-state index contributed by atoms with van der Waals surface area (Å²) < 4.78 is 41.1. The molecule has 0 aliphatic carbocycles. The molecular weight excluding hydrogens is 667 g/mol. The fraction of sp³-hybridized carbons (Fsp3) is 0.297. The molecule has 1 N–H and O–H groups in total. The fourth-order valence-electron chi connectivity index (χ4n) is 5.55. The Labute approximate surface area is 293 Å². The number of hydrogen-bond acceptors (Lipinski definition) is 11. The lowest BCUT2D eigenvalue weighted by molar-refractivity contribution is -0.192. The highest BCUT2D eigenvalue weighted by atomic mass is 19.1. The number of likely N-dealkylation sites (tertiary alicyclic amines) is 1. The monoisotopic (exact) mass is 704 g/mol. The molecule has 1 saturated heterocycles. The lowest BCUT2D eigenvalue weighted by Gasteiger charge is -2.24. The first-order valence-corrected chi connectivity index (χ1v) is 16.0. The van der Waals surface area contributed by atoms with Crippen LogP contribution in [0.3, 0.4) is 0 Å². The van der Waals surface area contributed by atoms with Gasteiger partial charge in [0, 0.05) is 38.9 Å². The summed E-state index contributed by atoms with van der Waals surface area (Å²) in [6.07, 6.45) is 1.05. The maximum atomic E-state index is 15.1. The molecule has 13 nitrogen and oxygen atoms in total. The second-order valence-corrected chi connectivity index (χ2v) is 11.5. The predicted octanol–water partition coefficient (Wildman–Crippen LogP) is 5.68. The van der Waals surface area contributed by atoms with Gasteiger partial charge in [-0.1, -0.05) is 36.4 Å². The molecule has 0 radical (unpaired) electrons. The number of benzene rings is 4. The third-order valence-corrected chi connectivity index (χ3v) is 8.11. The second-order valence-electron chi connectivity index (χ2n) is 11.5. The molecule has 51 heavy (non-hydrogen) atoms. The van der Waals surface area contributed by atoms with E-state index in [1.165, 1.54) is 62.6 Å². The average Bonchev–Trinajstić information content (AvgIpc) is 3.40. The van der Waals surface area contributed by atoms with Crippen molar-refractivity contribution in [2.75, 3.05) is 48.0 Å². The van der Waals surface area contributed by atoms with E-state index in [-0.39, 0.29) is 54.2 Å². The van der Waals surface area contributed by atoms with E-state index in [0.717, 1.165) is 17.2 Å². The van der Waals surface area contributed by atoms with Gasteiger partial charge in [0.1, 0.15) is 17.1 Å². The van der Waals surface area contributed by atoms with Crippen LogP contribution in [0.2, 0.25) is 0 Å². The molecule has 1 fully saturated rings. The van der Waals surface area contributed by atoms with E-state index in [4.69, 9.17) is 33.5 Å². The highest BCUT2D eigenvalue weighted by Gasteiger charge is 2.28. The summed E-state index contributed by atoms with van der Waals surface area (Å²) in [7, 11) is 4.13. The Morgan fingerprint density at radius 2 is 1.43 bits per heavy atom. The summed E-state index contributed by atoms with van der Waals surface area (Å²) in [5, 5.41) is 4.74. The van der Waals surface area contributed by atoms with Crippen LogP contribution < -0.4 is 19.5 Å². The van der Waals surface area contributed by atoms with E-state index in [0.29, 0.717) is 30.7 Å². The third-order valence-electron chi connectivity index (χ3n) is 8.11. The fourth-order valence-corrected chi connectivity index (χ4v) is 5.55. The summed E-state index contributed by atoms with van der Waals surface area (Å²) >= 11 is 0. The smallest absolute Gasteiger partial charge is 0.453 e. The molecule has 268 valence electrons. The second kappa shape index (κ2) is 17.3. The van der Waals surface area contributed by atoms with Crippen LogP contribution in [0.1, 0.15) is 55.9 Å². The molecule has 14 heteroatoms. The summed E-state index contributed by atoms with van der Waals surface area (Å²) in [4.78, 5) is 63.5. The number of nitrogens with zero attached hydrogens (tertiary/aromatic N) is 1. The number of halogens is 1. The number of nitrogens with one attached hydrogen (secondary N) is 1. The molecule has 4 aromatic rings. The zero-order chi connectivity index (χ0) is 36.3. The van der Waals surface area contributed by atoms with Crippen molar-refractivity contribution in [3.8, 4) is 17.2 Å². The summed E-state index contributed by atoms with van der Waals surface area (Å²) in [6, 6.07) is 18.5. The number of ether oxygens (including phenoxy) is 5. The van der Waals surface area contributed by atoms with Crippen molar-refractivity contribution in [2.24, 2.45) is 0 Å². The van der Waals surface area contributed by atoms with Gasteiger partial charge in [-0.2, -0.15) is 0 Å². The number of carbonyl (C=O) groups excluding carboxylic acids is 4. The Kier molecular flexibility index (Phi) is 12.4. The third kappa shape index (κ3) is 8.90. The number of methoxy groups -OCH3 is 3. The number of rotatable bonds is 12. The lowest BCUT2D eigenvalue weighted by atomic mass is 10.00. The van der Waals surface area contributed by atoms with E-state index in [2.05, 4.69) is 5.32 Å². The first-order valence-electron chi connectivity index (χ1n) is 16.0. The molecular formula is C37H37FN2O11. The summed E-state index contributed by atoms with van der Waals surface area (Å²) in [5.74, 6) is -2.89. The minimum absolute atomic E-state index is 0.0378. The van der Waals surface area contributed by atoms with Crippen molar-refractivity contribution >= 4 is 34.5 Å². The largest absolute Gasteiger partial charge is 0.494 e. The molecule has 1 atom stereocenters. The highest BCUT2D eigenvalue weighted by Crippen LogP contribution is 2.31. The van der Waals surface area contributed by atoms with Gasteiger partial charge >= 0.3 is 12.1 Å². The lowest BCUT2D eigenvalue weighted by Crippen LogP contribution is -2.45. The van der Waals surface area contributed by atoms with Crippen LogP contribution in [0, 0.1) is 5.82 Å².